The average Bonchev–Trinajstić information content (AvgIpc) is 2.78. The number of hydrogen-bond acceptors (Lipinski definition) is 8. The minimum absolute atomic E-state index is 0.0258. The second-order valence-corrected chi connectivity index (χ2v) is 8.79. The van der Waals surface area contributed by atoms with E-state index in [0.717, 1.165) is 12.6 Å². The van der Waals surface area contributed by atoms with Crippen molar-refractivity contribution < 1.29 is 22.3 Å². The molecule has 3 aromatic rings. The fourth-order valence-corrected chi connectivity index (χ4v) is 3.84. The zero-order chi connectivity index (χ0) is 23.6. The van der Waals surface area contributed by atoms with Crippen molar-refractivity contribution in [2.75, 3.05) is 28.7 Å². The van der Waals surface area contributed by atoms with E-state index in [1.54, 1.807) is 29.2 Å². The van der Waals surface area contributed by atoms with Gasteiger partial charge in [0.25, 0.3) is 5.91 Å². The number of benzene rings is 2. The van der Waals surface area contributed by atoms with Crippen LogP contribution in [0.3, 0.4) is 0 Å². The molecule has 0 saturated heterocycles. The standard InChI is InChI=1S/C21H21FN6O4S/c1-2-8-28-17-10-14(6-7-18(17)32-12-19(28)29)25-20-16(22)11-24-21(27-20)26-13-4-3-5-15(9-13)33(23,30)31/h3-7,9-11H,2,8,12H2,1H3,(H2,23,30,31)(H2,24,25,26,27). The molecular formula is C21H21FN6O4S. The van der Waals surface area contributed by atoms with Crippen molar-refractivity contribution >= 4 is 44.8 Å². The Morgan fingerprint density at radius 2 is 1.97 bits per heavy atom. The van der Waals surface area contributed by atoms with E-state index in [2.05, 4.69) is 20.6 Å². The number of rotatable bonds is 7. The molecule has 0 unspecified atom stereocenters. The first-order valence-electron chi connectivity index (χ1n) is 10.0. The van der Waals surface area contributed by atoms with Gasteiger partial charge in [0.15, 0.2) is 18.2 Å². The fraction of sp³-hybridized carbons (Fsp3) is 0.190. The Labute approximate surface area is 189 Å². The number of amides is 1. The average molecular weight is 473 g/mol. The van der Waals surface area contributed by atoms with Crippen LogP contribution < -0.4 is 25.4 Å². The Kier molecular flexibility index (Phi) is 6.11. The molecule has 2 aromatic carbocycles. The van der Waals surface area contributed by atoms with Crippen molar-refractivity contribution in [3.05, 3.63) is 54.5 Å². The van der Waals surface area contributed by atoms with Crippen molar-refractivity contribution in [1.29, 1.82) is 0 Å². The summed E-state index contributed by atoms with van der Waals surface area (Å²) < 4.78 is 43.0. The summed E-state index contributed by atoms with van der Waals surface area (Å²) in [4.78, 5) is 21.8. The van der Waals surface area contributed by atoms with Gasteiger partial charge in [0.2, 0.25) is 16.0 Å². The number of carbonyl (C=O) groups is 1. The molecule has 1 amide bonds. The number of sulfonamides is 1. The molecule has 0 radical (unpaired) electrons. The number of primary sulfonamides is 1. The molecule has 0 spiro atoms. The number of anilines is 5. The Morgan fingerprint density at radius 1 is 1.18 bits per heavy atom. The summed E-state index contributed by atoms with van der Waals surface area (Å²) in [6, 6.07) is 10.8. The highest BCUT2D eigenvalue weighted by Gasteiger charge is 2.25. The van der Waals surface area contributed by atoms with Gasteiger partial charge >= 0.3 is 0 Å². The first kappa shape index (κ1) is 22.4. The molecule has 0 bridgehead atoms. The SMILES string of the molecule is CCCN1C(=O)COc2ccc(Nc3nc(Nc4cccc(S(N)(=O)=O)c4)ncc3F)cc21. The normalized spacial score (nSPS) is 13.3. The molecule has 4 rings (SSSR count). The second-order valence-electron chi connectivity index (χ2n) is 7.23. The van der Waals surface area contributed by atoms with E-state index in [4.69, 9.17) is 9.88 Å². The lowest BCUT2D eigenvalue weighted by Gasteiger charge is -2.29. The number of fused-ring (bicyclic) bond motifs is 1. The van der Waals surface area contributed by atoms with Crippen LogP contribution in [0.2, 0.25) is 0 Å². The number of nitrogens with one attached hydrogen (secondary N) is 2. The van der Waals surface area contributed by atoms with Crippen LogP contribution in [0.25, 0.3) is 0 Å². The molecule has 0 fully saturated rings. The predicted molar refractivity (Wildman–Crippen MR) is 121 cm³/mol. The van der Waals surface area contributed by atoms with Gasteiger partial charge in [-0.3, -0.25) is 4.79 Å². The molecule has 4 N–H and O–H groups in total. The van der Waals surface area contributed by atoms with Gasteiger partial charge in [-0.2, -0.15) is 4.98 Å². The molecule has 10 nitrogen and oxygen atoms in total. The van der Waals surface area contributed by atoms with E-state index in [-0.39, 0.29) is 29.2 Å². The lowest BCUT2D eigenvalue weighted by molar-refractivity contribution is -0.121. The van der Waals surface area contributed by atoms with Crippen molar-refractivity contribution in [3.8, 4) is 5.75 Å². The molecule has 12 heteroatoms. The zero-order valence-corrected chi connectivity index (χ0v) is 18.4. The van der Waals surface area contributed by atoms with E-state index in [1.807, 2.05) is 6.92 Å². The minimum Gasteiger partial charge on any atom is -0.482 e. The molecule has 1 aliphatic heterocycles. The third kappa shape index (κ3) is 5.02. The van der Waals surface area contributed by atoms with E-state index >= 15 is 0 Å². The molecular weight excluding hydrogens is 451 g/mol. The van der Waals surface area contributed by atoms with E-state index in [0.29, 0.717) is 29.4 Å². The summed E-state index contributed by atoms with van der Waals surface area (Å²) >= 11 is 0. The van der Waals surface area contributed by atoms with Gasteiger partial charge in [-0.25, -0.2) is 22.9 Å². The highest BCUT2D eigenvalue weighted by Crippen LogP contribution is 2.35. The largest absolute Gasteiger partial charge is 0.482 e. The van der Waals surface area contributed by atoms with Gasteiger partial charge in [-0.1, -0.05) is 13.0 Å². The number of hydrogen-bond donors (Lipinski definition) is 3. The zero-order valence-electron chi connectivity index (χ0n) is 17.6. The number of aromatic nitrogens is 2. The van der Waals surface area contributed by atoms with Crippen LogP contribution in [0.4, 0.5) is 33.2 Å². The maximum Gasteiger partial charge on any atom is 0.265 e. The third-order valence-corrected chi connectivity index (χ3v) is 5.69. The predicted octanol–water partition coefficient (Wildman–Crippen LogP) is 2.89. The summed E-state index contributed by atoms with van der Waals surface area (Å²) in [5, 5.41) is 10.9. The highest BCUT2D eigenvalue weighted by molar-refractivity contribution is 7.89. The summed E-state index contributed by atoms with van der Waals surface area (Å²) in [5.41, 5.74) is 1.44. The lowest BCUT2D eigenvalue weighted by atomic mass is 10.2. The molecule has 0 saturated carbocycles. The van der Waals surface area contributed by atoms with Crippen LogP contribution in [0.1, 0.15) is 13.3 Å². The topological polar surface area (TPSA) is 140 Å². The minimum atomic E-state index is -3.88. The van der Waals surface area contributed by atoms with E-state index < -0.39 is 15.8 Å². The van der Waals surface area contributed by atoms with Crippen molar-refractivity contribution in [3.63, 3.8) is 0 Å². The molecule has 0 aliphatic carbocycles. The maximum absolute atomic E-state index is 14.4. The van der Waals surface area contributed by atoms with Gasteiger partial charge in [0.05, 0.1) is 16.8 Å². The molecule has 172 valence electrons. The van der Waals surface area contributed by atoms with Crippen molar-refractivity contribution in [2.45, 2.75) is 18.2 Å². The van der Waals surface area contributed by atoms with Crippen LogP contribution in [0, 0.1) is 5.82 Å². The van der Waals surface area contributed by atoms with E-state index in [9.17, 15) is 17.6 Å². The van der Waals surface area contributed by atoms with Crippen LogP contribution in [0.15, 0.2) is 53.6 Å². The monoisotopic (exact) mass is 472 g/mol. The lowest BCUT2D eigenvalue weighted by Crippen LogP contribution is -2.39. The number of nitrogens with zero attached hydrogens (tertiary/aromatic N) is 3. The van der Waals surface area contributed by atoms with Gasteiger partial charge in [-0.05, 0) is 42.8 Å². The van der Waals surface area contributed by atoms with Crippen LogP contribution in [0.5, 0.6) is 5.75 Å². The molecule has 1 aromatic heterocycles. The van der Waals surface area contributed by atoms with Gasteiger partial charge < -0.3 is 20.3 Å². The first-order chi connectivity index (χ1) is 15.7. The Hall–Kier alpha value is -3.77. The Bertz CT molecular complexity index is 1320. The molecule has 1 aliphatic rings. The smallest absolute Gasteiger partial charge is 0.265 e. The van der Waals surface area contributed by atoms with Crippen LogP contribution >= 0.6 is 0 Å². The summed E-state index contributed by atoms with van der Waals surface area (Å²) in [6.45, 7) is 2.47. The number of halogens is 1. The van der Waals surface area contributed by atoms with Crippen LogP contribution in [-0.4, -0.2) is 37.4 Å². The maximum atomic E-state index is 14.4. The van der Waals surface area contributed by atoms with E-state index in [1.165, 1.54) is 18.2 Å². The Morgan fingerprint density at radius 3 is 2.73 bits per heavy atom. The quantitative estimate of drug-likeness (QED) is 0.477. The van der Waals surface area contributed by atoms with Gasteiger partial charge in [0.1, 0.15) is 5.75 Å². The highest BCUT2D eigenvalue weighted by atomic mass is 32.2. The molecule has 0 atom stereocenters. The van der Waals surface area contributed by atoms with Crippen molar-refractivity contribution in [2.24, 2.45) is 5.14 Å². The van der Waals surface area contributed by atoms with Gasteiger partial charge in [0, 0.05) is 17.9 Å². The third-order valence-electron chi connectivity index (χ3n) is 4.77. The van der Waals surface area contributed by atoms with Crippen molar-refractivity contribution in [1.82, 2.24) is 9.97 Å². The fourth-order valence-electron chi connectivity index (χ4n) is 3.28. The number of nitrogens with two attached hydrogens (primary N) is 1. The molecule has 33 heavy (non-hydrogen) atoms. The summed E-state index contributed by atoms with van der Waals surface area (Å²) in [7, 11) is -3.88. The van der Waals surface area contributed by atoms with Crippen LogP contribution in [-0.2, 0) is 14.8 Å². The second kappa shape index (κ2) is 9.00. The van der Waals surface area contributed by atoms with Gasteiger partial charge in [-0.15, -0.1) is 0 Å². The first-order valence-corrected chi connectivity index (χ1v) is 11.6. The number of ether oxygens (including phenoxy) is 1. The summed E-state index contributed by atoms with van der Waals surface area (Å²) in [6.07, 6.45) is 1.75. The number of carbonyl (C=O) groups excluding carboxylic acids is 1. The summed E-state index contributed by atoms with van der Waals surface area (Å²) in [5.74, 6) is -0.360. The Balaban J connectivity index is 1.59. The molecule has 2 heterocycles.